The molecular weight excluding hydrogens is 447 g/mol. The van der Waals surface area contributed by atoms with Crippen LogP contribution in [0.4, 0.5) is 13.2 Å². The van der Waals surface area contributed by atoms with E-state index in [1.807, 2.05) is 0 Å². The van der Waals surface area contributed by atoms with Crippen molar-refractivity contribution in [1.29, 1.82) is 0 Å². The van der Waals surface area contributed by atoms with Crippen molar-refractivity contribution in [2.75, 3.05) is 0 Å². The molecule has 0 aliphatic heterocycles. The highest BCUT2D eigenvalue weighted by Gasteiger charge is 2.34. The molecule has 4 nitrogen and oxygen atoms in total. The molecule has 0 amide bonds. The van der Waals surface area contributed by atoms with Gasteiger partial charge in [0.05, 0.1) is 0 Å². The first-order valence-electron chi connectivity index (χ1n) is 6.78. The van der Waals surface area contributed by atoms with E-state index < -0.39 is 27.0 Å². The van der Waals surface area contributed by atoms with Crippen molar-refractivity contribution < 1.29 is 26.3 Å². The third-order valence-corrected chi connectivity index (χ3v) is 5.35. The Morgan fingerprint density at radius 1 is 1.20 bits per heavy atom. The molecule has 10 heteroatoms. The van der Waals surface area contributed by atoms with Crippen molar-refractivity contribution >= 4 is 37.6 Å². The molecular formula is C15H12BrClF3NO3S. The van der Waals surface area contributed by atoms with E-state index in [2.05, 4.69) is 25.4 Å². The molecule has 25 heavy (non-hydrogen) atoms. The molecule has 0 saturated heterocycles. The maximum atomic E-state index is 12.5. The number of rotatable bonds is 5. The number of hydrogen-bond acceptors (Lipinski definition) is 3. The molecule has 0 aliphatic rings. The maximum absolute atomic E-state index is 12.5. The first-order chi connectivity index (χ1) is 11.5. The van der Waals surface area contributed by atoms with E-state index in [0.717, 1.165) is 17.7 Å². The lowest BCUT2D eigenvalue weighted by atomic mass is 10.1. The van der Waals surface area contributed by atoms with Crippen LogP contribution in [0.1, 0.15) is 11.1 Å². The van der Waals surface area contributed by atoms with Crippen LogP contribution in [0.2, 0.25) is 5.02 Å². The van der Waals surface area contributed by atoms with E-state index in [1.54, 1.807) is 25.1 Å². The maximum Gasteiger partial charge on any atom is 0.573 e. The van der Waals surface area contributed by atoms with E-state index in [1.165, 1.54) is 6.07 Å². The van der Waals surface area contributed by atoms with Gasteiger partial charge in [0.15, 0.2) is 5.75 Å². The summed E-state index contributed by atoms with van der Waals surface area (Å²) in [5, 5.41) is 0.421. The monoisotopic (exact) mass is 457 g/mol. The highest BCUT2D eigenvalue weighted by Crippen LogP contribution is 2.32. The second-order valence-electron chi connectivity index (χ2n) is 5.03. The average Bonchev–Trinajstić information content (AvgIpc) is 2.46. The lowest BCUT2D eigenvalue weighted by Gasteiger charge is -2.15. The second-order valence-corrected chi connectivity index (χ2v) is 8.12. The predicted molar refractivity (Wildman–Crippen MR) is 91.0 cm³/mol. The minimum Gasteiger partial charge on any atom is -0.404 e. The van der Waals surface area contributed by atoms with Gasteiger partial charge in [0.1, 0.15) is 4.90 Å². The van der Waals surface area contributed by atoms with Crippen molar-refractivity contribution in [1.82, 2.24) is 4.72 Å². The topological polar surface area (TPSA) is 55.4 Å². The fourth-order valence-electron chi connectivity index (χ4n) is 1.99. The fraction of sp³-hybridized carbons (Fsp3) is 0.200. The summed E-state index contributed by atoms with van der Waals surface area (Å²) < 4.78 is 68.7. The van der Waals surface area contributed by atoms with Gasteiger partial charge < -0.3 is 4.74 Å². The number of halogens is 5. The third kappa shape index (κ3) is 5.60. The highest BCUT2D eigenvalue weighted by atomic mass is 79.9. The zero-order chi connectivity index (χ0) is 18.8. The van der Waals surface area contributed by atoms with Gasteiger partial charge in [-0.25, -0.2) is 13.1 Å². The van der Waals surface area contributed by atoms with Crippen LogP contribution in [-0.4, -0.2) is 14.8 Å². The van der Waals surface area contributed by atoms with Crippen LogP contribution in [0.25, 0.3) is 0 Å². The zero-order valence-corrected chi connectivity index (χ0v) is 15.9. The summed E-state index contributed by atoms with van der Waals surface area (Å²) in [5.41, 5.74) is 1.39. The Kier molecular flexibility index (Phi) is 6.03. The van der Waals surface area contributed by atoms with E-state index >= 15 is 0 Å². The van der Waals surface area contributed by atoms with Crippen molar-refractivity contribution in [2.24, 2.45) is 0 Å². The number of alkyl halides is 3. The zero-order valence-electron chi connectivity index (χ0n) is 12.7. The Morgan fingerprint density at radius 2 is 1.88 bits per heavy atom. The first kappa shape index (κ1) is 20.0. The van der Waals surface area contributed by atoms with Crippen LogP contribution in [-0.2, 0) is 16.6 Å². The molecule has 0 heterocycles. The Hall–Kier alpha value is -1.29. The summed E-state index contributed by atoms with van der Waals surface area (Å²) in [4.78, 5) is -0.618. The van der Waals surface area contributed by atoms with Crippen LogP contribution in [0.3, 0.4) is 0 Å². The van der Waals surface area contributed by atoms with E-state index in [-0.39, 0.29) is 11.0 Å². The molecule has 0 aliphatic carbocycles. The molecule has 0 unspecified atom stereocenters. The van der Waals surface area contributed by atoms with Gasteiger partial charge in [-0.3, -0.25) is 0 Å². The number of hydrogen-bond donors (Lipinski definition) is 1. The first-order valence-corrected chi connectivity index (χ1v) is 9.43. The highest BCUT2D eigenvalue weighted by molar-refractivity contribution is 9.10. The standard InChI is InChI=1S/C15H12BrClF3NO3S/c1-9-2-4-12(17)6-10(9)8-21-25(22,23)14-5-3-11(16)7-13(14)24-15(18,19)20/h2-7,21H,8H2,1H3. The van der Waals surface area contributed by atoms with Gasteiger partial charge in [0.2, 0.25) is 10.0 Å². The van der Waals surface area contributed by atoms with Crippen LogP contribution < -0.4 is 9.46 Å². The van der Waals surface area contributed by atoms with Gasteiger partial charge in [0, 0.05) is 16.0 Å². The van der Waals surface area contributed by atoms with Crippen molar-refractivity contribution in [3.05, 3.63) is 57.0 Å². The molecule has 0 saturated carbocycles. The van der Waals surface area contributed by atoms with Gasteiger partial charge in [-0.1, -0.05) is 33.6 Å². The fourth-order valence-corrected chi connectivity index (χ4v) is 3.64. The van der Waals surface area contributed by atoms with Gasteiger partial charge >= 0.3 is 6.36 Å². The summed E-state index contributed by atoms with van der Waals surface area (Å²) in [6.45, 7) is 1.63. The Morgan fingerprint density at radius 3 is 2.52 bits per heavy atom. The normalized spacial score (nSPS) is 12.2. The van der Waals surface area contributed by atoms with E-state index in [4.69, 9.17) is 11.6 Å². The van der Waals surface area contributed by atoms with Crippen molar-refractivity contribution in [3.63, 3.8) is 0 Å². The molecule has 0 atom stereocenters. The summed E-state index contributed by atoms with van der Waals surface area (Å²) in [7, 11) is -4.25. The Labute approximate surface area is 156 Å². The van der Waals surface area contributed by atoms with Gasteiger partial charge in [-0.15, -0.1) is 13.2 Å². The molecule has 1 N–H and O–H groups in total. The largest absolute Gasteiger partial charge is 0.573 e. The summed E-state index contributed by atoms with van der Waals surface area (Å²) in [5.74, 6) is -0.822. The summed E-state index contributed by atoms with van der Waals surface area (Å²) >= 11 is 8.86. The van der Waals surface area contributed by atoms with Crippen LogP contribution in [0, 0.1) is 6.92 Å². The number of sulfonamides is 1. The molecule has 136 valence electrons. The van der Waals surface area contributed by atoms with Crippen molar-refractivity contribution in [3.8, 4) is 5.75 Å². The molecule has 2 rings (SSSR count). The minimum absolute atomic E-state index is 0.129. The van der Waals surface area contributed by atoms with Gasteiger partial charge in [0.25, 0.3) is 0 Å². The molecule has 2 aromatic carbocycles. The number of benzene rings is 2. The lowest BCUT2D eigenvalue weighted by molar-refractivity contribution is -0.275. The van der Waals surface area contributed by atoms with Crippen molar-refractivity contribution in [2.45, 2.75) is 24.7 Å². The van der Waals surface area contributed by atoms with Crippen LogP contribution in [0.5, 0.6) is 5.75 Å². The average molecular weight is 459 g/mol. The number of nitrogens with one attached hydrogen (secondary N) is 1. The Bertz CT molecular complexity index is 888. The molecule has 0 aromatic heterocycles. The Balaban J connectivity index is 2.31. The minimum atomic E-state index is -5.02. The van der Waals surface area contributed by atoms with Gasteiger partial charge in [-0.2, -0.15) is 0 Å². The summed E-state index contributed by atoms with van der Waals surface area (Å²) in [6.07, 6.45) is -5.02. The van der Waals surface area contributed by atoms with Crippen LogP contribution in [0.15, 0.2) is 45.8 Å². The lowest BCUT2D eigenvalue weighted by Crippen LogP contribution is -2.26. The molecule has 2 aromatic rings. The molecule has 0 radical (unpaired) electrons. The summed E-state index contributed by atoms with van der Waals surface area (Å²) in [6, 6.07) is 8.21. The van der Waals surface area contributed by atoms with E-state index in [0.29, 0.717) is 10.6 Å². The van der Waals surface area contributed by atoms with Crippen LogP contribution >= 0.6 is 27.5 Å². The third-order valence-electron chi connectivity index (χ3n) is 3.18. The smallest absolute Gasteiger partial charge is 0.404 e. The molecule has 0 bridgehead atoms. The molecule has 0 fully saturated rings. The predicted octanol–water partition coefficient (Wildman–Crippen LogP) is 4.79. The SMILES string of the molecule is Cc1ccc(Cl)cc1CNS(=O)(=O)c1ccc(Br)cc1OC(F)(F)F. The molecule has 0 spiro atoms. The number of ether oxygens (including phenoxy) is 1. The second kappa shape index (κ2) is 7.53. The van der Waals surface area contributed by atoms with E-state index in [9.17, 15) is 21.6 Å². The number of aryl methyl sites for hydroxylation is 1. The van der Waals surface area contributed by atoms with Gasteiger partial charge in [-0.05, 0) is 48.4 Å². The quantitative estimate of drug-likeness (QED) is 0.701.